The molecule has 148 valence electrons. The fourth-order valence-corrected chi connectivity index (χ4v) is 3.44. The lowest BCUT2D eigenvalue weighted by atomic mass is 10.0. The molecule has 0 aliphatic carbocycles. The number of carboxylic acids is 1. The highest BCUT2D eigenvalue weighted by Gasteiger charge is 2.32. The van der Waals surface area contributed by atoms with Gasteiger partial charge in [0.05, 0.1) is 16.9 Å². The number of aryl methyl sites for hydroxylation is 2. The Kier molecular flexibility index (Phi) is 4.75. The molecule has 0 atom stereocenters. The van der Waals surface area contributed by atoms with Gasteiger partial charge in [0.15, 0.2) is 11.5 Å². The number of aliphatic imine (C=N–C) groups is 2. The number of carboxylic acid groups (broad SMARTS) is 1. The molecule has 8 heteroatoms. The number of amides is 1. The molecule has 8 nitrogen and oxygen atoms in total. The van der Waals surface area contributed by atoms with E-state index >= 15 is 0 Å². The van der Waals surface area contributed by atoms with Crippen molar-refractivity contribution in [1.82, 2.24) is 5.32 Å². The summed E-state index contributed by atoms with van der Waals surface area (Å²) < 4.78 is 0. The van der Waals surface area contributed by atoms with E-state index in [1.54, 1.807) is 24.3 Å². The molecule has 0 saturated heterocycles. The fourth-order valence-electron chi connectivity index (χ4n) is 3.44. The van der Waals surface area contributed by atoms with Crippen molar-refractivity contribution in [1.29, 1.82) is 0 Å². The molecule has 0 spiro atoms. The summed E-state index contributed by atoms with van der Waals surface area (Å²) in [4.78, 5) is 34.7. The first kappa shape index (κ1) is 18.7. The molecular weight excluding hydrogens is 370 g/mol. The number of carbonyl (C=O) groups is 2. The molecule has 0 fully saturated rings. The number of anilines is 2. The lowest BCUT2D eigenvalue weighted by molar-refractivity contribution is -0.114. The third kappa shape index (κ3) is 3.44. The molecule has 0 radical (unpaired) electrons. The fraction of sp³-hybridized carbons (Fsp3) is 0.238. The van der Waals surface area contributed by atoms with E-state index in [0.29, 0.717) is 30.3 Å². The quantitative estimate of drug-likeness (QED) is 0.726. The Labute approximate surface area is 168 Å². The number of nitrogens with zero attached hydrogens (tertiary/aromatic N) is 3. The van der Waals surface area contributed by atoms with Crippen LogP contribution >= 0.6 is 0 Å². The summed E-state index contributed by atoms with van der Waals surface area (Å²) in [6.45, 7) is 5.21. The number of aromatic carboxylic acids is 1. The minimum absolute atomic E-state index is 0.207. The van der Waals surface area contributed by atoms with E-state index in [1.807, 2.05) is 30.9 Å². The normalized spacial score (nSPS) is 15.0. The van der Waals surface area contributed by atoms with Crippen LogP contribution in [-0.4, -0.2) is 48.3 Å². The second kappa shape index (κ2) is 7.38. The molecule has 3 N–H and O–H groups in total. The van der Waals surface area contributed by atoms with Crippen LogP contribution in [0.1, 0.15) is 21.5 Å². The number of fused-ring (bicyclic) bond motifs is 2. The zero-order chi connectivity index (χ0) is 20.5. The van der Waals surface area contributed by atoms with Gasteiger partial charge in [0.25, 0.3) is 5.91 Å². The number of rotatable bonds is 5. The summed E-state index contributed by atoms with van der Waals surface area (Å²) >= 11 is 0. The number of hydrogen-bond acceptors (Lipinski definition) is 6. The smallest absolute Gasteiger partial charge is 0.337 e. The third-order valence-electron chi connectivity index (χ3n) is 5.07. The van der Waals surface area contributed by atoms with Gasteiger partial charge in [-0.3, -0.25) is 4.79 Å². The zero-order valence-electron chi connectivity index (χ0n) is 16.2. The highest BCUT2D eigenvalue weighted by molar-refractivity contribution is 6.70. The van der Waals surface area contributed by atoms with E-state index in [0.717, 1.165) is 22.5 Å². The summed E-state index contributed by atoms with van der Waals surface area (Å²) in [5, 5.41) is 15.2. The van der Waals surface area contributed by atoms with Gasteiger partial charge >= 0.3 is 5.97 Å². The Morgan fingerprint density at radius 3 is 2.79 bits per heavy atom. The monoisotopic (exact) mass is 391 g/mol. The van der Waals surface area contributed by atoms with Gasteiger partial charge in [0.2, 0.25) is 0 Å². The van der Waals surface area contributed by atoms with Crippen molar-refractivity contribution in [3.63, 3.8) is 0 Å². The van der Waals surface area contributed by atoms with Crippen molar-refractivity contribution < 1.29 is 14.7 Å². The largest absolute Gasteiger partial charge is 0.478 e. The Balaban J connectivity index is 1.64. The van der Waals surface area contributed by atoms with Crippen LogP contribution < -0.4 is 15.5 Å². The molecule has 2 aromatic carbocycles. The van der Waals surface area contributed by atoms with Crippen LogP contribution in [0.4, 0.5) is 17.1 Å². The maximum Gasteiger partial charge on any atom is 0.337 e. The van der Waals surface area contributed by atoms with E-state index in [4.69, 9.17) is 0 Å². The van der Waals surface area contributed by atoms with E-state index < -0.39 is 5.97 Å². The van der Waals surface area contributed by atoms with Gasteiger partial charge in [-0.05, 0) is 49.2 Å². The Bertz CT molecular complexity index is 1070. The molecule has 0 bridgehead atoms. The number of carbonyl (C=O) groups excluding carboxylic acids is 1. The summed E-state index contributed by atoms with van der Waals surface area (Å²) in [6.07, 6.45) is 0. The van der Waals surface area contributed by atoms with Gasteiger partial charge < -0.3 is 20.6 Å². The highest BCUT2D eigenvalue weighted by Crippen LogP contribution is 2.36. The van der Waals surface area contributed by atoms with Crippen molar-refractivity contribution in [3.8, 4) is 0 Å². The highest BCUT2D eigenvalue weighted by atomic mass is 16.4. The van der Waals surface area contributed by atoms with Crippen LogP contribution in [0, 0.1) is 13.8 Å². The summed E-state index contributed by atoms with van der Waals surface area (Å²) in [6, 6.07) is 10.8. The van der Waals surface area contributed by atoms with Crippen molar-refractivity contribution in [2.45, 2.75) is 13.8 Å². The topological polar surface area (TPSA) is 106 Å². The SMILES string of the molecule is Cc1cc2c(cc1C)N(CCNc1ccccc1C(=O)O)C1=NCNC(=O)C1=N2. The predicted molar refractivity (Wildman–Crippen MR) is 113 cm³/mol. The lowest BCUT2D eigenvalue weighted by Crippen LogP contribution is -2.51. The number of benzene rings is 2. The summed E-state index contributed by atoms with van der Waals surface area (Å²) in [5.41, 5.74) is 4.90. The Morgan fingerprint density at radius 1 is 1.24 bits per heavy atom. The second-order valence-corrected chi connectivity index (χ2v) is 6.96. The van der Waals surface area contributed by atoms with Crippen LogP contribution in [0.5, 0.6) is 0 Å². The molecule has 1 amide bonds. The molecule has 2 aliphatic rings. The van der Waals surface area contributed by atoms with Crippen molar-refractivity contribution in [2.24, 2.45) is 9.98 Å². The molecular formula is C21H21N5O3. The maximum atomic E-state index is 12.3. The van der Waals surface area contributed by atoms with Crippen LogP contribution in [0.15, 0.2) is 46.4 Å². The van der Waals surface area contributed by atoms with Gasteiger partial charge in [-0.25, -0.2) is 14.8 Å². The number of para-hydroxylation sites is 1. The minimum Gasteiger partial charge on any atom is -0.478 e. The molecule has 0 saturated carbocycles. The van der Waals surface area contributed by atoms with E-state index in [9.17, 15) is 14.7 Å². The first-order valence-corrected chi connectivity index (χ1v) is 9.32. The van der Waals surface area contributed by atoms with Crippen LogP contribution in [0.25, 0.3) is 0 Å². The van der Waals surface area contributed by atoms with Crippen LogP contribution in [0.2, 0.25) is 0 Å². The maximum absolute atomic E-state index is 12.3. The van der Waals surface area contributed by atoms with Crippen LogP contribution in [-0.2, 0) is 4.79 Å². The van der Waals surface area contributed by atoms with Crippen molar-refractivity contribution in [2.75, 3.05) is 30.0 Å². The first-order chi connectivity index (χ1) is 14.0. The summed E-state index contributed by atoms with van der Waals surface area (Å²) in [5.74, 6) is -0.684. The molecule has 2 heterocycles. The molecule has 29 heavy (non-hydrogen) atoms. The number of hydrogen-bond donors (Lipinski definition) is 3. The first-order valence-electron chi connectivity index (χ1n) is 9.32. The Hall–Kier alpha value is -3.68. The standard InChI is InChI=1S/C21H21N5O3/c1-12-9-16-17(10-13(12)2)26(19-18(25-16)20(27)24-11-23-19)8-7-22-15-6-4-3-5-14(15)21(28)29/h3-6,9-10,22H,7-8,11H2,1-2H3,(H,24,27)(H,28,29). The lowest BCUT2D eigenvalue weighted by Gasteiger charge is -2.33. The predicted octanol–water partition coefficient (Wildman–Crippen LogP) is 2.49. The molecule has 2 aliphatic heterocycles. The van der Waals surface area contributed by atoms with Gasteiger partial charge in [0, 0.05) is 18.8 Å². The van der Waals surface area contributed by atoms with E-state index in [-0.39, 0.29) is 18.1 Å². The molecule has 0 unspecified atom stereocenters. The minimum atomic E-state index is -0.981. The number of amidine groups is 1. The Morgan fingerprint density at radius 2 is 2.00 bits per heavy atom. The van der Waals surface area contributed by atoms with Crippen molar-refractivity contribution in [3.05, 3.63) is 53.1 Å². The second-order valence-electron chi connectivity index (χ2n) is 6.96. The molecule has 4 rings (SSSR count). The van der Waals surface area contributed by atoms with Gasteiger partial charge in [-0.1, -0.05) is 12.1 Å². The van der Waals surface area contributed by atoms with E-state index in [1.165, 1.54) is 0 Å². The third-order valence-corrected chi connectivity index (χ3v) is 5.07. The average Bonchev–Trinajstić information content (AvgIpc) is 2.70. The molecule has 2 aromatic rings. The van der Waals surface area contributed by atoms with Crippen LogP contribution in [0.3, 0.4) is 0 Å². The van der Waals surface area contributed by atoms with Gasteiger partial charge in [-0.15, -0.1) is 0 Å². The average molecular weight is 391 g/mol. The zero-order valence-corrected chi connectivity index (χ0v) is 16.2. The molecule has 0 aromatic heterocycles. The summed E-state index contributed by atoms with van der Waals surface area (Å²) in [7, 11) is 0. The van der Waals surface area contributed by atoms with Crippen molar-refractivity contribution >= 4 is 40.5 Å². The van der Waals surface area contributed by atoms with E-state index in [2.05, 4.69) is 20.6 Å². The van der Waals surface area contributed by atoms with Gasteiger partial charge in [-0.2, -0.15) is 0 Å². The number of nitrogens with one attached hydrogen (secondary N) is 2. The van der Waals surface area contributed by atoms with Gasteiger partial charge in [0.1, 0.15) is 6.67 Å².